The van der Waals surface area contributed by atoms with Gasteiger partial charge in [-0.1, -0.05) is 35.7 Å². The Bertz CT molecular complexity index is 1190. The lowest BCUT2D eigenvalue weighted by Gasteiger charge is -2.19. The monoisotopic (exact) mass is 458 g/mol. The van der Waals surface area contributed by atoms with Crippen LogP contribution in [0.2, 0.25) is 0 Å². The van der Waals surface area contributed by atoms with Gasteiger partial charge in [0, 0.05) is 31.0 Å². The normalized spacial score (nSPS) is 11.5. The molecule has 0 spiro atoms. The van der Waals surface area contributed by atoms with Crippen LogP contribution in [0.5, 0.6) is 0 Å². The first-order valence-electron chi connectivity index (χ1n) is 9.87. The predicted molar refractivity (Wildman–Crippen MR) is 116 cm³/mol. The smallest absolute Gasteiger partial charge is 0.265 e. The van der Waals surface area contributed by atoms with Crippen molar-refractivity contribution in [1.82, 2.24) is 19.8 Å². The number of benzene rings is 2. The molecule has 0 unspecified atom stereocenters. The molecule has 8 nitrogen and oxygen atoms in total. The number of rotatable bonds is 9. The molecule has 0 aliphatic carbocycles. The minimum atomic E-state index is -3.81. The minimum Gasteiger partial charge on any atom is -0.348 e. The van der Waals surface area contributed by atoms with Gasteiger partial charge in [-0.25, -0.2) is 22.8 Å². The maximum Gasteiger partial charge on any atom is 0.265 e. The van der Waals surface area contributed by atoms with Gasteiger partial charge >= 0.3 is 0 Å². The van der Waals surface area contributed by atoms with Gasteiger partial charge in [-0.2, -0.15) is 0 Å². The van der Waals surface area contributed by atoms with Gasteiger partial charge in [0.25, 0.3) is 15.9 Å². The highest BCUT2D eigenvalue weighted by Gasteiger charge is 2.24. The summed E-state index contributed by atoms with van der Waals surface area (Å²) >= 11 is 0. The summed E-state index contributed by atoms with van der Waals surface area (Å²) < 4.78 is 39.7. The molecule has 168 valence electrons. The Morgan fingerprint density at radius 1 is 1.12 bits per heavy atom. The van der Waals surface area contributed by atoms with Gasteiger partial charge in [0.05, 0.1) is 17.6 Å². The summed E-state index contributed by atoms with van der Waals surface area (Å²) in [6.07, 6.45) is 3.30. The van der Waals surface area contributed by atoms with Crippen LogP contribution in [-0.4, -0.2) is 42.4 Å². The van der Waals surface area contributed by atoms with Gasteiger partial charge in [-0.15, -0.1) is 0 Å². The molecule has 0 fully saturated rings. The van der Waals surface area contributed by atoms with Crippen LogP contribution in [0.15, 0.2) is 65.8 Å². The lowest BCUT2D eigenvalue weighted by atomic mass is 10.2. The zero-order chi connectivity index (χ0) is 23.1. The van der Waals surface area contributed by atoms with E-state index in [0.717, 1.165) is 4.47 Å². The molecule has 0 aliphatic heterocycles. The molecule has 1 heterocycles. The first-order valence-corrected chi connectivity index (χ1v) is 11.3. The third-order valence-electron chi connectivity index (χ3n) is 4.52. The Morgan fingerprint density at radius 3 is 2.50 bits per heavy atom. The summed E-state index contributed by atoms with van der Waals surface area (Å²) in [5.74, 6) is -0.525. The Hall–Kier alpha value is -3.21. The molecule has 1 N–H and O–H groups in total. The number of halogens is 1. The second-order valence-electron chi connectivity index (χ2n) is 6.85. The van der Waals surface area contributed by atoms with Crippen molar-refractivity contribution in [2.45, 2.75) is 24.8 Å². The van der Waals surface area contributed by atoms with Crippen LogP contribution in [0, 0.1) is 5.82 Å². The standard InChI is InChI=1S/C22H23FN4O4S/c1-3-10-27(31-2)32(29,30)20-9-4-6-16(11-20)13-26-22(28)18-14-24-21(25-15-18)17-7-5-8-19(23)12-17/h4-9,11-12,14-15H,3,10,13H2,1-2H3,(H,26,28). The van der Waals surface area contributed by atoms with Crippen molar-refractivity contribution in [2.75, 3.05) is 13.7 Å². The van der Waals surface area contributed by atoms with Crippen LogP contribution >= 0.6 is 0 Å². The topological polar surface area (TPSA) is 101 Å². The Balaban J connectivity index is 1.68. The quantitative estimate of drug-likeness (QED) is 0.494. The van der Waals surface area contributed by atoms with Gasteiger partial charge in [0.15, 0.2) is 5.82 Å². The molecule has 2 aromatic carbocycles. The number of carbonyl (C=O) groups is 1. The Morgan fingerprint density at radius 2 is 1.84 bits per heavy atom. The van der Waals surface area contributed by atoms with Crippen molar-refractivity contribution in [3.63, 3.8) is 0 Å². The lowest BCUT2D eigenvalue weighted by Crippen LogP contribution is -2.31. The summed E-state index contributed by atoms with van der Waals surface area (Å²) in [6.45, 7) is 2.18. The molecule has 0 aliphatic rings. The van der Waals surface area contributed by atoms with Crippen molar-refractivity contribution in [3.05, 3.63) is 77.9 Å². The second-order valence-corrected chi connectivity index (χ2v) is 8.68. The molecule has 1 amide bonds. The maximum absolute atomic E-state index is 13.4. The van der Waals surface area contributed by atoms with E-state index in [2.05, 4.69) is 15.3 Å². The van der Waals surface area contributed by atoms with Crippen LogP contribution < -0.4 is 5.32 Å². The van der Waals surface area contributed by atoms with E-state index < -0.39 is 21.7 Å². The fraction of sp³-hybridized carbons (Fsp3) is 0.227. The largest absolute Gasteiger partial charge is 0.348 e. The average Bonchev–Trinajstić information content (AvgIpc) is 2.81. The van der Waals surface area contributed by atoms with Gasteiger partial charge in [0.1, 0.15) is 5.82 Å². The fourth-order valence-corrected chi connectivity index (χ4v) is 4.34. The lowest BCUT2D eigenvalue weighted by molar-refractivity contribution is -0.0482. The number of carbonyl (C=O) groups excluding carboxylic acids is 1. The Labute approximate surface area is 186 Å². The summed E-state index contributed by atoms with van der Waals surface area (Å²) in [4.78, 5) is 25.8. The molecule has 1 aromatic heterocycles. The van der Waals surface area contributed by atoms with Gasteiger partial charge in [0.2, 0.25) is 0 Å². The third kappa shape index (κ3) is 5.52. The zero-order valence-electron chi connectivity index (χ0n) is 17.7. The molecule has 3 rings (SSSR count). The number of nitrogens with one attached hydrogen (secondary N) is 1. The number of amides is 1. The van der Waals surface area contributed by atoms with E-state index in [0.29, 0.717) is 23.4 Å². The van der Waals surface area contributed by atoms with E-state index in [9.17, 15) is 17.6 Å². The van der Waals surface area contributed by atoms with Gasteiger partial charge in [-0.3, -0.25) is 9.63 Å². The number of aromatic nitrogens is 2. The van der Waals surface area contributed by atoms with Crippen LogP contribution in [0.25, 0.3) is 11.4 Å². The molecule has 0 atom stereocenters. The highest BCUT2D eigenvalue weighted by Crippen LogP contribution is 2.18. The predicted octanol–water partition coefficient (Wildman–Crippen LogP) is 3.17. The number of hydroxylamine groups is 1. The maximum atomic E-state index is 13.4. The number of sulfonamides is 1. The first kappa shape index (κ1) is 23.5. The summed E-state index contributed by atoms with van der Waals surface area (Å²) in [5.41, 5.74) is 1.33. The van der Waals surface area contributed by atoms with Crippen molar-refractivity contribution in [3.8, 4) is 11.4 Å². The van der Waals surface area contributed by atoms with E-state index in [4.69, 9.17) is 4.84 Å². The van der Waals surface area contributed by atoms with Crippen LogP contribution in [0.3, 0.4) is 0 Å². The van der Waals surface area contributed by atoms with Gasteiger partial charge < -0.3 is 5.32 Å². The summed E-state index contributed by atoms with van der Waals surface area (Å²) in [7, 11) is -2.50. The summed E-state index contributed by atoms with van der Waals surface area (Å²) in [6, 6.07) is 12.1. The first-order chi connectivity index (χ1) is 15.3. The molecule has 0 radical (unpaired) electrons. The molecule has 0 saturated carbocycles. The van der Waals surface area contributed by atoms with Gasteiger partial charge in [-0.05, 0) is 36.2 Å². The zero-order valence-corrected chi connectivity index (χ0v) is 18.5. The highest BCUT2D eigenvalue weighted by atomic mass is 32.2. The van der Waals surface area contributed by atoms with Crippen molar-refractivity contribution < 1.29 is 22.4 Å². The van der Waals surface area contributed by atoms with Crippen molar-refractivity contribution >= 4 is 15.9 Å². The Kier molecular flexibility index (Phi) is 7.62. The number of hydrogen-bond acceptors (Lipinski definition) is 6. The SMILES string of the molecule is CCCN(OC)S(=O)(=O)c1cccc(CNC(=O)c2cnc(-c3cccc(F)c3)nc2)c1. The van der Waals surface area contributed by atoms with E-state index in [1.807, 2.05) is 6.92 Å². The van der Waals surface area contributed by atoms with Crippen LogP contribution in [0.1, 0.15) is 29.3 Å². The second kappa shape index (κ2) is 10.4. The van der Waals surface area contributed by atoms with E-state index in [1.54, 1.807) is 24.3 Å². The number of hydrogen-bond donors (Lipinski definition) is 1. The average molecular weight is 459 g/mol. The van der Waals surface area contributed by atoms with E-state index in [1.165, 1.54) is 43.8 Å². The molecular weight excluding hydrogens is 435 g/mol. The van der Waals surface area contributed by atoms with Crippen LogP contribution in [0.4, 0.5) is 4.39 Å². The molecular formula is C22H23FN4O4S. The van der Waals surface area contributed by atoms with Crippen molar-refractivity contribution in [2.24, 2.45) is 0 Å². The van der Waals surface area contributed by atoms with Crippen molar-refractivity contribution in [1.29, 1.82) is 0 Å². The minimum absolute atomic E-state index is 0.0716. The fourth-order valence-electron chi connectivity index (χ4n) is 2.93. The van der Waals surface area contributed by atoms with E-state index in [-0.39, 0.29) is 23.5 Å². The molecule has 32 heavy (non-hydrogen) atoms. The highest BCUT2D eigenvalue weighted by molar-refractivity contribution is 7.89. The molecule has 0 bridgehead atoms. The molecule has 10 heteroatoms. The molecule has 0 saturated heterocycles. The molecule has 3 aromatic rings. The third-order valence-corrected chi connectivity index (χ3v) is 6.24. The van der Waals surface area contributed by atoms with Crippen LogP contribution in [-0.2, 0) is 21.4 Å². The number of nitrogens with zero attached hydrogens (tertiary/aromatic N) is 3. The van der Waals surface area contributed by atoms with E-state index >= 15 is 0 Å². The summed E-state index contributed by atoms with van der Waals surface area (Å²) in [5, 5.41) is 2.71.